The highest BCUT2D eigenvalue weighted by atomic mass is 19.4. The first-order valence-corrected chi connectivity index (χ1v) is 8.81. The third-order valence-electron chi connectivity index (χ3n) is 4.31. The summed E-state index contributed by atoms with van der Waals surface area (Å²) in [6.07, 6.45) is -1.96. The van der Waals surface area contributed by atoms with Crippen LogP contribution in [-0.4, -0.2) is 36.4 Å². The van der Waals surface area contributed by atoms with Crippen LogP contribution in [0.25, 0.3) is 0 Å². The largest absolute Gasteiger partial charge is 0.419 e. The summed E-state index contributed by atoms with van der Waals surface area (Å²) in [5.41, 5.74) is 0.187. The maximum atomic E-state index is 12.9. The highest BCUT2D eigenvalue weighted by Crippen LogP contribution is 2.33. The van der Waals surface area contributed by atoms with Gasteiger partial charge in [0.2, 0.25) is 5.91 Å². The zero-order valence-corrected chi connectivity index (χ0v) is 14.9. The van der Waals surface area contributed by atoms with Crippen LogP contribution in [-0.2, 0) is 11.0 Å². The maximum Gasteiger partial charge on any atom is 0.419 e. The number of nitrogens with one attached hydrogen (secondary N) is 2. The van der Waals surface area contributed by atoms with Crippen LogP contribution >= 0.6 is 0 Å². The molecule has 2 N–H and O–H groups in total. The van der Waals surface area contributed by atoms with E-state index in [2.05, 4.69) is 15.6 Å². The van der Waals surface area contributed by atoms with Gasteiger partial charge < -0.3 is 15.5 Å². The third-order valence-corrected chi connectivity index (χ3v) is 4.31. The fourth-order valence-corrected chi connectivity index (χ4v) is 2.97. The van der Waals surface area contributed by atoms with Crippen LogP contribution in [0, 0.1) is 0 Å². The Bertz CT molecular complexity index is 870. The molecule has 28 heavy (non-hydrogen) atoms. The number of carbonyl (C=O) groups is 2. The van der Waals surface area contributed by atoms with Gasteiger partial charge in [-0.15, -0.1) is 0 Å². The summed E-state index contributed by atoms with van der Waals surface area (Å²) >= 11 is 0. The van der Waals surface area contributed by atoms with Crippen LogP contribution in [0.5, 0.6) is 0 Å². The van der Waals surface area contributed by atoms with Gasteiger partial charge in [0.15, 0.2) is 0 Å². The Morgan fingerprint density at radius 1 is 1.18 bits per heavy atom. The molecule has 1 aliphatic heterocycles. The maximum absolute atomic E-state index is 12.9. The molecule has 3 rings (SSSR count). The van der Waals surface area contributed by atoms with Gasteiger partial charge in [-0.25, -0.2) is 4.98 Å². The second-order valence-corrected chi connectivity index (χ2v) is 6.28. The van der Waals surface area contributed by atoms with Crippen molar-refractivity contribution in [3.8, 4) is 0 Å². The fourth-order valence-electron chi connectivity index (χ4n) is 2.97. The minimum atomic E-state index is -4.51. The molecule has 1 fully saturated rings. The molecule has 2 heterocycles. The van der Waals surface area contributed by atoms with Crippen molar-refractivity contribution in [3.63, 3.8) is 0 Å². The minimum absolute atomic E-state index is 0.0255. The van der Waals surface area contributed by atoms with Crippen molar-refractivity contribution in [1.82, 2.24) is 10.3 Å². The lowest BCUT2D eigenvalue weighted by Gasteiger charge is -2.16. The number of amides is 2. The van der Waals surface area contributed by atoms with Gasteiger partial charge in [-0.2, -0.15) is 13.2 Å². The summed E-state index contributed by atoms with van der Waals surface area (Å²) in [7, 11) is 0. The summed E-state index contributed by atoms with van der Waals surface area (Å²) in [5, 5.41) is 5.23. The lowest BCUT2D eigenvalue weighted by atomic mass is 10.1. The molecule has 0 aliphatic carbocycles. The highest BCUT2D eigenvalue weighted by Gasteiger charge is 2.33. The number of hydrogen-bond acceptors (Lipinski definition) is 4. The third kappa shape index (κ3) is 4.59. The molecule has 0 saturated carbocycles. The highest BCUT2D eigenvalue weighted by molar-refractivity contribution is 5.99. The molecular weight excluding hydrogens is 373 g/mol. The SMILES string of the molecule is O=C(NCCNc1ncccc1C(F)(F)F)c1cccc(N2CCCC2=O)c1. The first-order valence-electron chi connectivity index (χ1n) is 8.81. The quantitative estimate of drug-likeness (QED) is 0.741. The number of benzene rings is 1. The Kier molecular flexibility index (Phi) is 5.81. The Hall–Kier alpha value is -3.10. The number of rotatable bonds is 6. The van der Waals surface area contributed by atoms with E-state index < -0.39 is 11.7 Å². The molecule has 1 saturated heterocycles. The minimum Gasteiger partial charge on any atom is -0.368 e. The standard InChI is InChI=1S/C19H19F3N4O2/c20-19(21,22)15-6-2-8-23-17(15)24-9-10-25-18(28)13-4-1-5-14(12-13)26-11-3-7-16(26)27/h1-2,4-6,8,12H,3,7,9-11H2,(H,23,24)(H,25,28). The van der Waals surface area contributed by atoms with Crippen LogP contribution in [0.3, 0.4) is 0 Å². The van der Waals surface area contributed by atoms with E-state index in [1.807, 2.05) is 0 Å². The lowest BCUT2D eigenvalue weighted by Crippen LogP contribution is -2.30. The zero-order chi connectivity index (χ0) is 20.1. The normalized spacial score (nSPS) is 14.2. The van der Waals surface area contributed by atoms with Crippen molar-refractivity contribution in [3.05, 3.63) is 53.7 Å². The molecule has 6 nitrogen and oxygen atoms in total. The van der Waals surface area contributed by atoms with Gasteiger partial charge in [0.1, 0.15) is 5.82 Å². The van der Waals surface area contributed by atoms with Gasteiger partial charge in [0, 0.05) is 43.5 Å². The topological polar surface area (TPSA) is 74.3 Å². The van der Waals surface area contributed by atoms with E-state index in [4.69, 9.17) is 0 Å². The molecule has 0 atom stereocenters. The smallest absolute Gasteiger partial charge is 0.368 e. The Labute approximate surface area is 159 Å². The first kappa shape index (κ1) is 19.7. The number of aromatic nitrogens is 1. The predicted octanol–water partition coefficient (Wildman–Crippen LogP) is 3.07. The lowest BCUT2D eigenvalue weighted by molar-refractivity contribution is -0.137. The Morgan fingerprint density at radius 3 is 2.71 bits per heavy atom. The number of halogens is 3. The van der Waals surface area contributed by atoms with E-state index in [0.29, 0.717) is 24.2 Å². The Morgan fingerprint density at radius 2 is 2.00 bits per heavy atom. The number of nitrogens with zero attached hydrogens (tertiary/aromatic N) is 2. The second-order valence-electron chi connectivity index (χ2n) is 6.28. The number of pyridine rings is 1. The van der Waals surface area contributed by atoms with Crippen molar-refractivity contribution >= 4 is 23.3 Å². The molecule has 1 aromatic carbocycles. The average molecular weight is 392 g/mol. The van der Waals surface area contributed by atoms with Crippen LogP contribution in [0.2, 0.25) is 0 Å². The van der Waals surface area contributed by atoms with Crippen molar-refractivity contribution in [2.45, 2.75) is 19.0 Å². The number of alkyl halides is 3. The van der Waals surface area contributed by atoms with E-state index in [9.17, 15) is 22.8 Å². The molecule has 1 aliphatic rings. The number of anilines is 2. The first-order chi connectivity index (χ1) is 13.4. The van der Waals surface area contributed by atoms with E-state index in [-0.39, 0.29) is 30.7 Å². The van der Waals surface area contributed by atoms with Crippen LogP contribution in [0.15, 0.2) is 42.6 Å². The van der Waals surface area contributed by atoms with Gasteiger partial charge in [0.05, 0.1) is 5.56 Å². The molecule has 148 valence electrons. The van der Waals surface area contributed by atoms with E-state index >= 15 is 0 Å². The summed E-state index contributed by atoms with van der Waals surface area (Å²) < 4.78 is 38.8. The number of hydrogen-bond donors (Lipinski definition) is 2. The summed E-state index contributed by atoms with van der Waals surface area (Å²) in [5.74, 6) is -0.622. The van der Waals surface area contributed by atoms with E-state index in [1.165, 1.54) is 12.3 Å². The van der Waals surface area contributed by atoms with Gasteiger partial charge in [-0.3, -0.25) is 9.59 Å². The van der Waals surface area contributed by atoms with Gasteiger partial charge in [-0.05, 0) is 36.8 Å². The molecule has 0 radical (unpaired) electrons. The van der Waals surface area contributed by atoms with E-state index in [1.54, 1.807) is 29.2 Å². The molecule has 0 unspecified atom stereocenters. The van der Waals surface area contributed by atoms with Gasteiger partial charge in [0.25, 0.3) is 5.91 Å². The molecule has 2 aromatic rings. The molecule has 1 aromatic heterocycles. The molecule has 9 heteroatoms. The Balaban J connectivity index is 1.55. The average Bonchev–Trinajstić information content (AvgIpc) is 3.10. The molecule has 0 bridgehead atoms. The second kappa shape index (κ2) is 8.28. The molecule has 2 amide bonds. The van der Waals surface area contributed by atoms with Crippen LogP contribution in [0.1, 0.15) is 28.8 Å². The fraction of sp³-hybridized carbons (Fsp3) is 0.316. The molecular formula is C19H19F3N4O2. The zero-order valence-electron chi connectivity index (χ0n) is 14.9. The monoisotopic (exact) mass is 392 g/mol. The van der Waals surface area contributed by atoms with Crippen LogP contribution < -0.4 is 15.5 Å². The predicted molar refractivity (Wildman–Crippen MR) is 98.1 cm³/mol. The van der Waals surface area contributed by atoms with Crippen molar-refractivity contribution in [1.29, 1.82) is 0 Å². The van der Waals surface area contributed by atoms with Crippen molar-refractivity contribution in [2.24, 2.45) is 0 Å². The van der Waals surface area contributed by atoms with Gasteiger partial charge >= 0.3 is 6.18 Å². The van der Waals surface area contributed by atoms with Gasteiger partial charge in [-0.1, -0.05) is 6.07 Å². The molecule has 0 spiro atoms. The summed E-state index contributed by atoms with van der Waals surface area (Å²) in [6.45, 7) is 0.815. The van der Waals surface area contributed by atoms with Crippen molar-refractivity contribution in [2.75, 3.05) is 29.9 Å². The van der Waals surface area contributed by atoms with E-state index in [0.717, 1.165) is 12.5 Å². The number of carbonyl (C=O) groups excluding carboxylic acids is 2. The van der Waals surface area contributed by atoms with Crippen LogP contribution in [0.4, 0.5) is 24.7 Å². The summed E-state index contributed by atoms with van der Waals surface area (Å²) in [6, 6.07) is 8.87. The van der Waals surface area contributed by atoms with Crippen molar-refractivity contribution < 1.29 is 22.8 Å². The summed E-state index contributed by atoms with van der Waals surface area (Å²) in [4.78, 5) is 29.5.